The normalized spacial score (nSPS) is 10.4. The van der Waals surface area contributed by atoms with Crippen molar-refractivity contribution in [2.45, 2.75) is 6.54 Å². The molecule has 0 spiro atoms. The van der Waals surface area contributed by atoms with Gasteiger partial charge in [0.15, 0.2) is 5.78 Å². The van der Waals surface area contributed by atoms with Gasteiger partial charge in [-0.15, -0.1) is 0 Å². The second-order valence-corrected chi connectivity index (χ2v) is 6.38. The molecule has 0 saturated heterocycles. The lowest BCUT2D eigenvalue weighted by molar-refractivity contribution is 0.0965. The molecular weight excluding hydrogens is 389 g/mol. The molecule has 0 aliphatic rings. The number of halogens is 2. The fourth-order valence-corrected chi connectivity index (χ4v) is 2.59. The third-order valence-corrected chi connectivity index (χ3v) is 4.49. The maximum atomic E-state index is 12.4. The first kappa shape index (κ1) is 18.8. The van der Waals surface area contributed by atoms with Crippen molar-refractivity contribution in [2.24, 2.45) is 0 Å². The Kier molecular flexibility index (Phi) is 5.69. The molecule has 0 fully saturated rings. The topological polar surface area (TPSA) is 81.1 Å². The molecule has 1 heterocycles. The van der Waals surface area contributed by atoms with Crippen LogP contribution in [0.5, 0.6) is 0 Å². The molecule has 0 atom stereocenters. The number of anilines is 1. The van der Waals surface area contributed by atoms with Crippen molar-refractivity contribution in [1.29, 1.82) is 0 Å². The Bertz CT molecular complexity index is 1050. The van der Waals surface area contributed by atoms with Gasteiger partial charge in [-0.05, 0) is 36.4 Å². The Hall–Kier alpha value is -2.96. The van der Waals surface area contributed by atoms with Crippen LogP contribution in [0, 0.1) is 0 Å². The Morgan fingerprint density at radius 3 is 2.30 bits per heavy atom. The van der Waals surface area contributed by atoms with Crippen LogP contribution in [0.25, 0.3) is 0 Å². The van der Waals surface area contributed by atoms with E-state index in [-0.39, 0.29) is 28.3 Å². The summed E-state index contributed by atoms with van der Waals surface area (Å²) < 4.78 is 0.946. The van der Waals surface area contributed by atoms with E-state index in [1.54, 1.807) is 48.5 Å². The van der Waals surface area contributed by atoms with E-state index in [4.69, 9.17) is 23.2 Å². The van der Waals surface area contributed by atoms with Gasteiger partial charge in [0, 0.05) is 16.8 Å². The van der Waals surface area contributed by atoms with Crippen LogP contribution in [0.3, 0.4) is 0 Å². The van der Waals surface area contributed by atoms with Crippen LogP contribution < -0.4 is 10.9 Å². The van der Waals surface area contributed by atoms with E-state index in [9.17, 15) is 14.4 Å². The molecule has 0 radical (unpaired) electrons. The fraction of sp³-hybridized carbons (Fsp3) is 0.0526. The van der Waals surface area contributed by atoms with Crippen LogP contribution in [-0.2, 0) is 6.54 Å². The van der Waals surface area contributed by atoms with E-state index in [0.29, 0.717) is 16.8 Å². The van der Waals surface area contributed by atoms with Gasteiger partial charge in [0.25, 0.3) is 11.5 Å². The number of nitrogens with zero attached hydrogens (tertiary/aromatic N) is 2. The Morgan fingerprint density at radius 1 is 0.963 bits per heavy atom. The third-order valence-electron chi connectivity index (χ3n) is 3.74. The van der Waals surface area contributed by atoms with Gasteiger partial charge >= 0.3 is 0 Å². The minimum absolute atomic E-state index is 0.0314. The van der Waals surface area contributed by atoms with Gasteiger partial charge in [-0.2, -0.15) is 5.10 Å². The lowest BCUT2D eigenvalue weighted by Crippen LogP contribution is -2.27. The van der Waals surface area contributed by atoms with Gasteiger partial charge in [0.2, 0.25) is 0 Å². The summed E-state index contributed by atoms with van der Waals surface area (Å²) in [5.74, 6) is -0.579. The summed E-state index contributed by atoms with van der Waals surface area (Å²) >= 11 is 11.5. The fourth-order valence-electron chi connectivity index (χ4n) is 2.32. The molecule has 3 rings (SSSR count). The zero-order valence-electron chi connectivity index (χ0n) is 13.9. The molecule has 2 aromatic carbocycles. The Balaban J connectivity index is 1.70. The number of carbonyl (C=O) groups is 2. The van der Waals surface area contributed by atoms with Crippen LogP contribution in [0.15, 0.2) is 65.6 Å². The van der Waals surface area contributed by atoms with Crippen molar-refractivity contribution in [2.75, 3.05) is 5.32 Å². The number of amides is 1. The molecule has 0 aliphatic heterocycles. The Morgan fingerprint density at radius 2 is 1.63 bits per heavy atom. The van der Waals surface area contributed by atoms with Gasteiger partial charge in [-0.3, -0.25) is 14.4 Å². The molecule has 1 amide bonds. The maximum absolute atomic E-state index is 12.4. The van der Waals surface area contributed by atoms with Crippen molar-refractivity contribution in [1.82, 2.24) is 9.78 Å². The van der Waals surface area contributed by atoms with E-state index in [2.05, 4.69) is 10.4 Å². The molecular formula is C19H13Cl2N3O3. The molecule has 6 nitrogen and oxygen atoms in total. The maximum Gasteiger partial charge on any atom is 0.287 e. The van der Waals surface area contributed by atoms with Crippen LogP contribution in [-0.4, -0.2) is 21.5 Å². The molecule has 0 aliphatic carbocycles. The van der Waals surface area contributed by atoms with Crippen LogP contribution in [0.2, 0.25) is 10.0 Å². The highest BCUT2D eigenvalue weighted by Gasteiger charge is 2.13. The van der Waals surface area contributed by atoms with Crippen molar-refractivity contribution in [3.05, 3.63) is 92.3 Å². The van der Waals surface area contributed by atoms with Crippen molar-refractivity contribution in [3.63, 3.8) is 0 Å². The Labute approximate surface area is 164 Å². The van der Waals surface area contributed by atoms with Gasteiger partial charge in [-0.1, -0.05) is 41.4 Å². The number of carbonyl (C=O) groups excluding carboxylic acids is 2. The third kappa shape index (κ3) is 4.42. The molecule has 1 aromatic heterocycles. The summed E-state index contributed by atoms with van der Waals surface area (Å²) in [6.07, 6.45) is 1.21. The second-order valence-electron chi connectivity index (χ2n) is 5.59. The zero-order valence-corrected chi connectivity index (χ0v) is 15.4. The summed E-state index contributed by atoms with van der Waals surface area (Å²) in [5.41, 5.74) is 0.810. The molecule has 27 heavy (non-hydrogen) atoms. The van der Waals surface area contributed by atoms with E-state index >= 15 is 0 Å². The quantitative estimate of drug-likeness (QED) is 0.661. The van der Waals surface area contributed by atoms with E-state index in [0.717, 1.165) is 4.68 Å². The molecule has 3 aromatic rings. The summed E-state index contributed by atoms with van der Waals surface area (Å²) in [4.78, 5) is 36.4. The van der Waals surface area contributed by atoms with Gasteiger partial charge in [0.1, 0.15) is 11.6 Å². The smallest absolute Gasteiger partial charge is 0.287 e. The largest absolute Gasteiger partial charge is 0.322 e. The number of benzene rings is 2. The van der Waals surface area contributed by atoms with Crippen molar-refractivity contribution in [3.8, 4) is 0 Å². The minimum Gasteiger partial charge on any atom is -0.322 e. The van der Waals surface area contributed by atoms with Gasteiger partial charge < -0.3 is 5.32 Å². The SMILES string of the molecule is O=C(Cn1ncc(Cl)c(Cl)c1=O)c1ccc(NC(=O)c2ccccc2)cc1. The number of ketones is 1. The minimum atomic E-state index is -0.635. The molecule has 1 N–H and O–H groups in total. The summed E-state index contributed by atoms with van der Waals surface area (Å²) in [6.45, 7) is -0.272. The van der Waals surface area contributed by atoms with E-state index < -0.39 is 5.56 Å². The van der Waals surface area contributed by atoms with Crippen LogP contribution >= 0.6 is 23.2 Å². The predicted molar refractivity (Wildman–Crippen MR) is 104 cm³/mol. The first-order chi connectivity index (χ1) is 13.0. The summed E-state index contributed by atoms with van der Waals surface area (Å²) in [7, 11) is 0. The van der Waals surface area contributed by atoms with Gasteiger partial charge in [0.05, 0.1) is 11.2 Å². The molecule has 8 heteroatoms. The molecule has 0 unspecified atom stereocenters. The van der Waals surface area contributed by atoms with Crippen LogP contribution in [0.4, 0.5) is 5.69 Å². The van der Waals surface area contributed by atoms with Crippen molar-refractivity contribution >= 4 is 40.6 Å². The second kappa shape index (κ2) is 8.16. The van der Waals surface area contributed by atoms with Crippen molar-refractivity contribution < 1.29 is 9.59 Å². The van der Waals surface area contributed by atoms with E-state index in [1.807, 2.05) is 6.07 Å². The number of hydrogen-bond acceptors (Lipinski definition) is 4. The number of aromatic nitrogens is 2. The molecule has 0 bridgehead atoms. The molecule has 0 saturated carbocycles. The lowest BCUT2D eigenvalue weighted by atomic mass is 10.1. The van der Waals surface area contributed by atoms with Gasteiger partial charge in [-0.25, -0.2) is 4.68 Å². The zero-order chi connectivity index (χ0) is 19.4. The lowest BCUT2D eigenvalue weighted by Gasteiger charge is -2.07. The summed E-state index contributed by atoms with van der Waals surface area (Å²) in [5, 5.41) is 6.40. The van der Waals surface area contributed by atoms with E-state index in [1.165, 1.54) is 6.20 Å². The first-order valence-corrected chi connectivity index (χ1v) is 8.62. The number of rotatable bonds is 5. The predicted octanol–water partition coefficient (Wildman–Crippen LogP) is 3.69. The first-order valence-electron chi connectivity index (χ1n) is 7.86. The number of hydrogen-bond donors (Lipinski definition) is 1. The number of Topliss-reactive ketones (excluding diaryl/α,β-unsaturated/α-hetero) is 1. The standard InChI is InChI=1S/C19H13Cl2N3O3/c20-15-10-22-24(19(27)17(15)21)11-16(25)12-6-8-14(9-7-12)23-18(26)13-4-2-1-3-5-13/h1-10H,11H2,(H,23,26). The molecule has 136 valence electrons. The highest BCUT2D eigenvalue weighted by molar-refractivity contribution is 6.41. The monoisotopic (exact) mass is 401 g/mol. The highest BCUT2D eigenvalue weighted by Crippen LogP contribution is 2.15. The summed E-state index contributed by atoms with van der Waals surface area (Å²) in [6, 6.07) is 15.1. The average molecular weight is 402 g/mol. The number of nitrogens with one attached hydrogen (secondary N) is 1. The highest BCUT2D eigenvalue weighted by atomic mass is 35.5. The van der Waals surface area contributed by atoms with Crippen LogP contribution in [0.1, 0.15) is 20.7 Å². The average Bonchev–Trinajstić information content (AvgIpc) is 2.69.